The van der Waals surface area contributed by atoms with Gasteiger partial charge in [0.25, 0.3) is 0 Å². The van der Waals surface area contributed by atoms with E-state index >= 15 is 0 Å². The molecule has 1 atom stereocenters. The molecular weight excluding hydrogens is 318 g/mol. The van der Waals surface area contributed by atoms with Crippen LogP contribution in [0.4, 0.5) is 5.95 Å². The molecule has 3 rings (SSSR count). The summed E-state index contributed by atoms with van der Waals surface area (Å²) in [4.78, 5) is 23.9. The third kappa shape index (κ3) is 3.78. The molecule has 0 spiro atoms. The monoisotopic (exact) mass is 347 g/mol. The molecule has 0 bridgehead atoms. The molecule has 1 aliphatic heterocycles. The highest BCUT2D eigenvalue weighted by molar-refractivity contribution is 5.72. The lowest BCUT2D eigenvalue weighted by Crippen LogP contribution is -2.39. The maximum atomic E-state index is 12.6. The average molecular weight is 347 g/mol. The summed E-state index contributed by atoms with van der Waals surface area (Å²) in [6.07, 6.45) is 6.10. The van der Waals surface area contributed by atoms with E-state index in [1.165, 1.54) is 6.42 Å². The Labute approximate surface area is 148 Å². The summed E-state index contributed by atoms with van der Waals surface area (Å²) in [6, 6.07) is 0. The maximum absolute atomic E-state index is 12.6. The Morgan fingerprint density at radius 1 is 1.40 bits per heavy atom. The summed E-state index contributed by atoms with van der Waals surface area (Å²) in [5, 5.41) is 3.22. The number of nitrogens with two attached hydrogens (primary N) is 1. The summed E-state index contributed by atoms with van der Waals surface area (Å²) in [7, 11) is 0. The largest absolute Gasteiger partial charge is 0.354 e. The molecule has 138 valence electrons. The van der Waals surface area contributed by atoms with Crippen LogP contribution in [-0.2, 0) is 6.54 Å². The maximum Gasteiger partial charge on any atom is 0.348 e. The van der Waals surface area contributed by atoms with Gasteiger partial charge in [0.2, 0.25) is 5.95 Å². The van der Waals surface area contributed by atoms with Gasteiger partial charge in [0.05, 0.1) is 6.20 Å². The first-order chi connectivity index (χ1) is 12.1. The standard InChI is InChI=1S/C17H29N7O/c1-3-5-8-19-16-20-10-14-15(21-16)23(17(25)24(14)18)12-13-7-6-9-22(4-2)11-13/h10,13H,3-9,11-12,18H2,1-2H3,(H,19,20,21). The fourth-order valence-electron chi connectivity index (χ4n) is 3.53. The van der Waals surface area contributed by atoms with Crippen molar-refractivity contribution in [2.75, 3.05) is 37.3 Å². The minimum Gasteiger partial charge on any atom is -0.354 e. The second-order valence-electron chi connectivity index (χ2n) is 6.85. The van der Waals surface area contributed by atoms with Gasteiger partial charge in [-0.05, 0) is 38.3 Å². The van der Waals surface area contributed by atoms with Crippen molar-refractivity contribution in [2.45, 2.75) is 46.1 Å². The minimum absolute atomic E-state index is 0.219. The van der Waals surface area contributed by atoms with E-state index in [4.69, 9.17) is 5.84 Å². The minimum atomic E-state index is -0.219. The van der Waals surface area contributed by atoms with Crippen LogP contribution < -0.4 is 16.8 Å². The van der Waals surface area contributed by atoms with Gasteiger partial charge in [0.15, 0.2) is 5.65 Å². The van der Waals surface area contributed by atoms with Crippen molar-refractivity contribution in [3.63, 3.8) is 0 Å². The van der Waals surface area contributed by atoms with E-state index in [9.17, 15) is 4.79 Å². The molecule has 1 unspecified atom stereocenters. The lowest BCUT2D eigenvalue weighted by Gasteiger charge is -2.31. The van der Waals surface area contributed by atoms with Gasteiger partial charge >= 0.3 is 5.69 Å². The Hall–Kier alpha value is -2.09. The Kier molecular flexibility index (Phi) is 5.57. The van der Waals surface area contributed by atoms with Crippen LogP contribution in [0, 0.1) is 5.92 Å². The van der Waals surface area contributed by atoms with Gasteiger partial charge in [-0.15, -0.1) is 0 Å². The molecule has 3 heterocycles. The molecule has 0 aliphatic carbocycles. The normalized spacial score (nSPS) is 18.7. The SMILES string of the molecule is CCCCNc1ncc2c(n1)n(CC1CCCN(CC)C1)c(=O)n2N. The number of likely N-dealkylation sites (tertiary alicyclic amines) is 1. The summed E-state index contributed by atoms with van der Waals surface area (Å²) >= 11 is 0. The Morgan fingerprint density at radius 2 is 2.24 bits per heavy atom. The van der Waals surface area contributed by atoms with Gasteiger partial charge in [-0.25, -0.2) is 14.5 Å². The fourth-order valence-corrected chi connectivity index (χ4v) is 3.53. The highest BCUT2D eigenvalue weighted by Crippen LogP contribution is 2.19. The van der Waals surface area contributed by atoms with E-state index in [2.05, 4.69) is 34.0 Å². The van der Waals surface area contributed by atoms with Crippen molar-refractivity contribution < 1.29 is 0 Å². The molecule has 25 heavy (non-hydrogen) atoms. The fraction of sp³-hybridized carbons (Fsp3) is 0.706. The van der Waals surface area contributed by atoms with Gasteiger partial charge in [0, 0.05) is 19.6 Å². The molecule has 0 saturated carbocycles. The third-order valence-electron chi connectivity index (χ3n) is 5.01. The number of nitrogens with zero attached hydrogens (tertiary/aromatic N) is 5. The van der Waals surface area contributed by atoms with E-state index < -0.39 is 0 Å². The van der Waals surface area contributed by atoms with E-state index in [1.807, 2.05) is 0 Å². The number of rotatable bonds is 7. The van der Waals surface area contributed by atoms with Crippen LogP contribution in [0.25, 0.3) is 11.2 Å². The lowest BCUT2D eigenvalue weighted by molar-refractivity contribution is 0.170. The number of aromatic nitrogens is 4. The zero-order valence-corrected chi connectivity index (χ0v) is 15.2. The van der Waals surface area contributed by atoms with E-state index in [1.54, 1.807) is 10.8 Å². The van der Waals surface area contributed by atoms with Crippen molar-refractivity contribution >= 4 is 17.1 Å². The van der Waals surface area contributed by atoms with Crippen molar-refractivity contribution in [3.05, 3.63) is 16.7 Å². The number of nitrogen functional groups attached to an aromatic ring is 1. The number of anilines is 1. The van der Waals surface area contributed by atoms with Crippen molar-refractivity contribution in [1.29, 1.82) is 0 Å². The first kappa shape index (κ1) is 17.7. The molecule has 0 amide bonds. The first-order valence-electron chi connectivity index (χ1n) is 9.33. The number of hydrogen-bond donors (Lipinski definition) is 2. The molecule has 1 saturated heterocycles. The van der Waals surface area contributed by atoms with Gasteiger partial charge in [-0.1, -0.05) is 20.3 Å². The molecular formula is C17H29N7O. The van der Waals surface area contributed by atoms with Crippen LogP contribution in [0.2, 0.25) is 0 Å². The molecule has 0 radical (unpaired) electrons. The van der Waals surface area contributed by atoms with Crippen molar-refractivity contribution in [2.24, 2.45) is 5.92 Å². The van der Waals surface area contributed by atoms with Crippen LogP contribution in [0.5, 0.6) is 0 Å². The average Bonchev–Trinajstić information content (AvgIpc) is 2.87. The number of fused-ring (bicyclic) bond motifs is 1. The van der Waals surface area contributed by atoms with Gasteiger partial charge in [-0.3, -0.25) is 4.57 Å². The van der Waals surface area contributed by atoms with Crippen LogP contribution in [-0.4, -0.2) is 50.3 Å². The Balaban J connectivity index is 1.86. The number of imidazole rings is 1. The van der Waals surface area contributed by atoms with E-state index in [-0.39, 0.29) is 5.69 Å². The molecule has 1 fully saturated rings. The molecule has 1 aliphatic rings. The number of unbranched alkanes of at least 4 members (excludes halogenated alkanes) is 1. The highest BCUT2D eigenvalue weighted by atomic mass is 16.2. The number of hydrogen-bond acceptors (Lipinski definition) is 6. The third-order valence-corrected chi connectivity index (χ3v) is 5.01. The van der Waals surface area contributed by atoms with E-state index in [0.717, 1.165) is 50.1 Å². The summed E-state index contributed by atoms with van der Waals surface area (Å²) in [5.41, 5.74) is 0.980. The van der Waals surface area contributed by atoms with Crippen LogP contribution in [0.15, 0.2) is 11.0 Å². The molecule has 3 N–H and O–H groups in total. The number of nitrogens with one attached hydrogen (secondary N) is 1. The van der Waals surface area contributed by atoms with Crippen molar-refractivity contribution in [3.8, 4) is 0 Å². The van der Waals surface area contributed by atoms with Crippen molar-refractivity contribution in [1.82, 2.24) is 24.1 Å². The van der Waals surface area contributed by atoms with Gasteiger partial charge in [0.1, 0.15) is 5.52 Å². The smallest absolute Gasteiger partial charge is 0.348 e. The molecule has 8 nitrogen and oxygen atoms in total. The summed E-state index contributed by atoms with van der Waals surface area (Å²) in [6.45, 7) is 9.02. The second kappa shape index (κ2) is 7.86. The quantitative estimate of drug-likeness (QED) is 0.578. The van der Waals surface area contributed by atoms with E-state index in [0.29, 0.717) is 29.6 Å². The molecule has 2 aromatic heterocycles. The summed E-state index contributed by atoms with van der Waals surface area (Å²) < 4.78 is 2.87. The molecule has 0 aromatic carbocycles. The van der Waals surface area contributed by atoms with Crippen LogP contribution in [0.1, 0.15) is 39.5 Å². The van der Waals surface area contributed by atoms with Crippen LogP contribution >= 0.6 is 0 Å². The Bertz CT molecular complexity index is 766. The zero-order chi connectivity index (χ0) is 17.8. The zero-order valence-electron chi connectivity index (χ0n) is 15.2. The summed E-state index contributed by atoms with van der Waals surface area (Å²) in [5.74, 6) is 6.94. The molecule has 2 aromatic rings. The predicted octanol–water partition coefficient (Wildman–Crippen LogP) is 1.25. The Morgan fingerprint density at radius 3 is 3.00 bits per heavy atom. The highest BCUT2D eigenvalue weighted by Gasteiger charge is 2.22. The lowest BCUT2D eigenvalue weighted by atomic mass is 9.98. The molecule has 8 heteroatoms. The predicted molar refractivity (Wildman–Crippen MR) is 100 cm³/mol. The topological polar surface area (TPSA) is 94.0 Å². The second-order valence-corrected chi connectivity index (χ2v) is 6.85. The van der Waals surface area contributed by atoms with Gasteiger partial charge < -0.3 is 16.1 Å². The first-order valence-corrected chi connectivity index (χ1v) is 9.33. The van der Waals surface area contributed by atoms with Crippen LogP contribution in [0.3, 0.4) is 0 Å². The number of piperidine rings is 1. The van der Waals surface area contributed by atoms with Gasteiger partial charge in [-0.2, -0.15) is 4.98 Å².